The second-order valence-corrected chi connectivity index (χ2v) is 6.72. The first-order valence-electron chi connectivity index (χ1n) is 7.96. The number of halogens is 1. The minimum atomic E-state index is -0.503. The molecule has 1 saturated carbocycles. The van der Waals surface area contributed by atoms with Gasteiger partial charge in [0, 0.05) is 18.1 Å². The molecule has 2 aromatic heterocycles. The lowest BCUT2D eigenvalue weighted by Crippen LogP contribution is -2.47. The van der Waals surface area contributed by atoms with Crippen LogP contribution in [-0.4, -0.2) is 47.2 Å². The Labute approximate surface area is 143 Å². The molecule has 1 amide bonds. The highest BCUT2D eigenvalue weighted by molar-refractivity contribution is 7.08. The van der Waals surface area contributed by atoms with E-state index in [4.69, 9.17) is 9.47 Å². The van der Waals surface area contributed by atoms with Crippen LogP contribution in [0.2, 0.25) is 0 Å². The third-order valence-corrected chi connectivity index (χ3v) is 5.24. The van der Waals surface area contributed by atoms with Gasteiger partial charge in [-0.3, -0.25) is 4.79 Å². The molecule has 0 spiro atoms. The SMILES string of the molecule is O=C(c1ccsc1)N1CCOC2CCC1C2Oc1ncccc1F. The highest BCUT2D eigenvalue weighted by Gasteiger charge is 2.46. The number of hydrogen-bond donors (Lipinski definition) is 0. The van der Waals surface area contributed by atoms with Gasteiger partial charge in [-0.1, -0.05) is 0 Å². The first kappa shape index (κ1) is 15.5. The van der Waals surface area contributed by atoms with Gasteiger partial charge >= 0.3 is 0 Å². The molecule has 5 nitrogen and oxygen atoms in total. The summed E-state index contributed by atoms with van der Waals surface area (Å²) in [6, 6.07) is 4.52. The van der Waals surface area contributed by atoms with Crippen molar-refractivity contribution in [3.8, 4) is 5.88 Å². The largest absolute Gasteiger partial charge is 0.467 e. The molecule has 126 valence electrons. The molecule has 4 rings (SSSR count). The number of pyridine rings is 1. The van der Waals surface area contributed by atoms with Crippen molar-refractivity contribution in [3.63, 3.8) is 0 Å². The standard InChI is InChI=1S/C17H17FN2O3S/c18-12-2-1-6-19-16(12)23-15-13-3-4-14(15)22-8-7-20(13)17(21)11-5-9-24-10-11/h1-2,5-6,9-10,13-15H,3-4,7-8H2. The lowest BCUT2D eigenvalue weighted by atomic mass is 10.1. The van der Waals surface area contributed by atoms with Crippen LogP contribution in [0.4, 0.5) is 4.39 Å². The molecule has 7 heteroatoms. The first-order valence-corrected chi connectivity index (χ1v) is 8.90. The van der Waals surface area contributed by atoms with Gasteiger partial charge in [0.05, 0.1) is 24.3 Å². The van der Waals surface area contributed by atoms with E-state index in [1.54, 1.807) is 4.90 Å². The molecule has 2 fully saturated rings. The van der Waals surface area contributed by atoms with Crippen LogP contribution < -0.4 is 4.74 Å². The fourth-order valence-corrected chi connectivity index (χ4v) is 4.07. The molecule has 24 heavy (non-hydrogen) atoms. The molecule has 2 aromatic rings. The average molecular weight is 348 g/mol. The molecule has 3 atom stereocenters. The third-order valence-electron chi connectivity index (χ3n) is 4.56. The predicted octanol–water partition coefficient (Wildman–Crippen LogP) is 2.73. The summed E-state index contributed by atoms with van der Waals surface area (Å²) in [5, 5.41) is 3.73. The molecule has 3 unspecified atom stereocenters. The molecule has 1 saturated heterocycles. The Bertz CT molecular complexity index is 724. The van der Waals surface area contributed by atoms with Crippen molar-refractivity contribution in [2.45, 2.75) is 31.1 Å². The number of nitrogens with zero attached hydrogens (tertiary/aromatic N) is 2. The first-order chi connectivity index (χ1) is 11.7. The van der Waals surface area contributed by atoms with E-state index in [1.807, 2.05) is 16.8 Å². The minimum Gasteiger partial charge on any atom is -0.467 e. The number of ether oxygens (including phenoxy) is 2. The Morgan fingerprint density at radius 2 is 2.33 bits per heavy atom. The minimum absolute atomic E-state index is 0.0255. The molecule has 2 bridgehead atoms. The van der Waals surface area contributed by atoms with Crippen LogP contribution in [-0.2, 0) is 4.74 Å². The van der Waals surface area contributed by atoms with Gasteiger partial charge in [0.15, 0.2) is 5.82 Å². The van der Waals surface area contributed by atoms with Crippen LogP contribution in [0, 0.1) is 5.82 Å². The highest BCUT2D eigenvalue weighted by Crippen LogP contribution is 2.34. The average Bonchev–Trinajstić information content (AvgIpc) is 3.18. The van der Waals surface area contributed by atoms with E-state index in [-0.39, 0.29) is 23.9 Å². The number of fused-ring (bicyclic) bond motifs is 2. The molecule has 3 heterocycles. The molecule has 0 radical (unpaired) electrons. The number of rotatable bonds is 3. The quantitative estimate of drug-likeness (QED) is 0.856. The zero-order valence-electron chi connectivity index (χ0n) is 12.9. The second-order valence-electron chi connectivity index (χ2n) is 5.94. The lowest BCUT2D eigenvalue weighted by Gasteiger charge is -2.31. The summed E-state index contributed by atoms with van der Waals surface area (Å²) in [6.07, 6.45) is 2.51. The van der Waals surface area contributed by atoms with Crippen molar-refractivity contribution in [1.82, 2.24) is 9.88 Å². The van der Waals surface area contributed by atoms with Gasteiger partial charge in [0.1, 0.15) is 6.10 Å². The number of carbonyl (C=O) groups is 1. The summed E-state index contributed by atoms with van der Waals surface area (Å²) in [5.41, 5.74) is 0.674. The maximum absolute atomic E-state index is 13.9. The summed E-state index contributed by atoms with van der Waals surface area (Å²) in [4.78, 5) is 18.6. The Balaban J connectivity index is 1.60. The summed E-state index contributed by atoms with van der Waals surface area (Å²) < 4.78 is 25.6. The van der Waals surface area contributed by atoms with Gasteiger partial charge in [-0.25, -0.2) is 9.37 Å². The lowest BCUT2D eigenvalue weighted by molar-refractivity contribution is 0.000309. The van der Waals surface area contributed by atoms with Gasteiger partial charge in [-0.2, -0.15) is 11.3 Å². The number of aromatic nitrogens is 1. The van der Waals surface area contributed by atoms with Crippen LogP contribution >= 0.6 is 11.3 Å². The van der Waals surface area contributed by atoms with E-state index < -0.39 is 11.9 Å². The number of hydrogen-bond acceptors (Lipinski definition) is 5. The van der Waals surface area contributed by atoms with E-state index in [2.05, 4.69) is 4.98 Å². The van der Waals surface area contributed by atoms with Crippen LogP contribution in [0.3, 0.4) is 0 Å². The van der Waals surface area contributed by atoms with Crippen LogP contribution in [0.15, 0.2) is 35.2 Å². The topological polar surface area (TPSA) is 51.7 Å². The molecule has 2 aliphatic rings. The van der Waals surface area contributed by atoms with Gasteiger partial charge < -0.3 is 14.4 Å². The molecule has 0 N–H and O–H groups in total. The Kier molecular flexibility index (Phi) is 4.20. The molecule has 1 aliphatic heterocycles. The summed E-state index contributed by atoms with van der Waals surface area (Å²) >= 11 is 1.49. The normalized spacial score (nSPS) is 26.2. The van der Waals surface area contributed by atoms with Crippen LogP contribution in [0.5, 0.6) is 5.88 Å². The Morgan fingerprint density at radius 1 is 1.42 bits per heavy atom. The maximum atomic E-state index is 13.9. The predicted molar refractivity (Wildman–Crippen MR) is 86.7 cm³/mol. The highest BCUT2D eigenvalue weighted by atomic mass is 32.1. The Morgan fingerprint density at radius 3 is 3.12 bits per heavy atom. The third kappa shape index (κ3) is 2.78. The monoisotopic (exact) mass is 348 g/mol. The molecule has 0 aromatic carbocycles. The number of carbonyl (C=O) groups excluding carboxylic acids is 1. The van der Waals surface area contributed by atoms with Gasteiger partial charge in [-0.05, 0) is 36.4 Å². The van der Waals surface area contributed by atoms with Crippen molar-refractivity contribution in [2.24, 2.45) is 0 Å². The zero-order chi connectivity index (χ0) is 16.5. The van der Waals surface area contributed by atoms with Crippen molar-refractivity contribution in [3.05, 3.63) is 46.5 Å². The van der Waals surface area contributed by atoms with Crippen molar-refractivity contribution in [1.29, 1.82) is 0 Å². The summed E-state index contributed by atoms with van der Waals surface area (Å²) in [5.74, 6) is -0.563. The molecule has 1 aliphatic carbocycles. The van der Waals surface area contributed by atoms with Gasteiger partial charge in [0.25, 0.3) is 11.8 Å². The summed E-state index contributed by atoms with van der Waals surface area (Å²) in [7, 11) is 0. The fraction of sp³-hybridized carbons (Fsp3) is 0.412. The maximum Gasteiger partial charge on any atom is 0.255 e. The van der Waals surface area contributed by atoms with Crippen LogP contribution in [0.1, 0.15) is 23.2 Å². The molecular weight excluding hydrogens is 331 g/mol. The van der Waals surface area contributed by atoms with E-state index in [0.29, 0.717) is 18.7 Å². The second kappa shape index (κ2) is 6.49. The van der Waals surface area contributed by atoms with Crippen molar-refractivity contribution < 1.29 is 18.7 Å². The summed E-state index contributed by atoms with van der Waals surface area (Å²) in [6.45, 7) is 0.974. The van der Waals surface area contributed by atoms with Crippen molar-refractivity contribution in [2.75, 3.05) is 13.2 Å². The zero-order valence-corrected chi connectivity index (χ0v) is 13.7. The van der Waals surface area contributed by atoms with E-state index in [1.165, 1.54) is 29.7 Å². The Hall–Kier alpha value is -1.99. The molecular formula is C17H17FN2O3S. The van der Waals surface area contributed by atoms with E-state index in [9.17, 15) is 9.18 Å². The van der Waals surface area contributed by atoms with Crippen molar-refractivity contribution >= 4 is 17.2 Å². The number of thiophene rings is 1. The van der Waals surface area contributed by atoms with Gasteiger partial charge in [0.2, 0.25) is 0 Å². The van der Waals surface area contributed by atoms with E-state index >= 15 is 0 Å². The smallest absolute Gasteiger partial charge is 0.255 e. The van der Waals surface area contributed by atoms with E-state index in [0.717, 1.165) is 12.8 Å². The van der Waals surface area contributed by atoms with Crippen LogP contribution in [0.25, 0.3) is 0 Å². The van der Waals surface area contributed by atoms with Gasteiger partial charge in [-0.15, -0.1) is 0 Å². The fourth-order valence-electron chi connectivity index (χ4n) is 3.44. The number of amides is 1.